The Balaban J connectivity index is 2.32. The normalized spacial score (nSPS) is 12.6. The van der Waals surface area contributed by atoms with E-state index < -0.39 is 5.82 Å². The Hall–Kier alpha value is -1.95. The van der Waals surface area contributed by atoms with Gasteiger partial charge >= 0.3 is 0 Å². The Morgan fingerprint density at radius 2 is 2.26 bits per heavy atom. The molecule has 0 bridgehead atoms. The van der Waals surface area contributed by atoms with Crippen LogP contribution in [-0.4, -0.2) is 17.3 Å². The molecule has 1 atom stereocenters. The number of nitrogens with zero attached hydrogens (tertiary/aromatic N) is 2. The number of nitrogen functional groups attached to an aromatic ring is 1. The minimum Gasteiger partial charge on any atom is -0.396 e. The lowest BCUT2D eigenvalue weighted by atomic mass is 10.1. The predicted octanol–water partition coefficient (Wildman–Crippen LogP) is 2.95. The van der Waals surface area contributed by atoms with E-state index in [0.29, 0.717) is 11.4 Å². The highest BCUT2D eigenvalue weighted by Gasteiger charge is 2.19. The molecule has 0 aliphatic carbocycles. The molecule has 0 radical (unpaired) electrons. The van der Waals surface area contributed by atoms with Gasteiger partial charge in [-0.05, 0) is 18.6 Å². The number of hydrogen-bond acceptors (Lipinski definition) is 5. The maximum absolute atomic E-state index is 13.4. The van der Waals surface area contributed by atoms with Crippen LogP contribution < -0.4 is 5.73 Å². The van der Waals surface area contributed by atoms with E-state index >= 15 is 0 Å². The highest BCUT2D eigenvalue weighted by Crippen LogP contribution is 2.28. The molecule has 0 amide bonds. The van der Waals surface area contributed by atoms with Crippen LogP contribution >= 0.6 is 0 Å². The SMILES string of the molecule is CCCC(OC)c1noc(-c2cccc(F)c2N)n1. The lowest BCUT2D eigenvalue weighted by molar-refractivity contribution is 0.0854. The van der Waals surface area contributed by atoms with Gasteiger partial charge in [-0.15, -0.1) is 0 Å². The maximum atomic E-state index is 13.4. The molecule has 2 aromatic rings. The molecule has 1 aromatic heterocycles. The Bertz CT molecular complexity index is 557. The van der Waals surface area contributed by atoms with Crippen LogP contribution in [-0.2, 0) is 4.74 Å². The van der Waals surface area contributed by atoms with Crippen molar-refractivity contribution in [2.24, 2.45) is 0 Å². The summed E-state index contributed by atoms with van der Waals surface area (Å²) in [6.45, 7) is 2.04. The monoisotopic (exact) mass is 265 g/mol. The van der Waals surface area contributed by atoms with E-state index in [1.165, 1.54) is 6.07 Å². The van der Waals surface area contributed by atoms with Gasteiger partial charge in [0.15, 0.2) is 0 Å². The smallest absolute Gasteiger partial charge is 0.260 e. The molecule has 2 rings (SSSR count). The van der Waals surface area contributed by atoms with Gasteiger partial charge in [-0.25, -0.2) is 4.39 Å². The quantitative estimate of drug-likeness (QED) is 0.841. The van der Waals surface area contributed by atoms with Crippen LogP contribution in [0.2, 0.25) is 0 Å². The van der Waals surface area contributed by atoms with Gasteiger partial charge in [-0.1, -0.05) is 24.6 Å². The third-order valence-electron chi connectivity index (χ3n) is 2.85. The number of ether oxygens (including phenoxy) is 1. The minimum absolute atomic E-state index is 0.00200. The van der Waals surface area contributed by atoms with Gasteiger partial charge in [0, 0.05) is 7.11 Å². The van der Waals surface area contributed by atoms with Crippen molar-refractivity contribution in [1.29, 1.82) is 0 Å². The van der Waals surface area contributed by atoms with Gasteiger partial charge in [0.2, 0.25) is 5.82 Å². The Morgan fingerprint density at radius 3 is 2.95 bits per heavy atom. The van der Waals surface area contributed by atoms with E-state index in [-0.39, 0.29) is 17.7 Å². The van der Waals surface area contributed by atoms with Crippen molar-refractivity contribution in [1.82, 2.24) is 10.1 Å². The fourth-order valence-electron chi connectivity index (χ4n) is 1.81. The van der Waals surface area contributed by atoms with Crippen LogP contribution in [0.4, 0.5) is 10.1 Å². The number of para-hydroxylation sites is 1. The molecular formula is C13H16FN3O2. The zero-order chi connectivity index (χ0) is 13.8. The van der Waals surface area contributed by atoms with Crippen LogP contribution in [0, 0.1) is 5.82 Å². The average molecular weight is 265 g/mol. The van der Waals surface area contributed by atoms with Crippen LogP contribution in [0.25, 0.3) is 11.5 Å². The minimum atomic E-state index is -0.505. The Labute approximate surface area is 110 Å². The second-order valence-electron chi connectivity index (χ2n) is 4.17. The fraction of sp³-hybridized carbons (Fsp3) is 0.385. The number of hydrogen-bond donors (Lipinski definition) is 1. The second-order valence-corrected chi connectivity index (χ2v) is 4.17. The molecular weight excluding hydrogens is 249 g/mol. The first-order chi connectivity index (χ1) is 9.17. The molecule has 1 heterocycles. The van der Waals surface area contributed by atoms with Crippen molar-refractivity contribution in [3.63, 3.8) is 0 Å². The Kier molecular flexibility index (Phi) is 4.11. The first kappa shape index (κ1) is 13.5. The highest BCUT2D eigenvalue weighted by molar-refractivity contribution is 5.70. The molecule has 0 aliphatic rings. The standard InChI is InChI=1S/C13H16FN3O2/c1-3-5-10(18-2)12-16-13(19-17-12)8-6-4-7-9(14)11(8)15/h4,6-7,10H,3,5,15H2,1-2H3. The van der Waals surface area contributed by atoms with Gasteiger partial charge in [-0.3, -0.25) is 0 Å². The summed E-state index contributed by atoms with van der Waals surface area (Å²) >= 11 is 0. The number of anilines is 1. The second kappa shape index (κ2) is 5.79. The molecule has 0 fully saturated rings. The number of rotatable bonds is 5. The summed E-state index contributed by atoms with van der Waals surface area (Å²) in [4.78, 5) is 4.22. The summed E-state index contributed by atoms with van der Waals surface area (Å²) < 4.78 is 23.8. The summed E-state index contributed by atoms with van der Waals surface area (Å²) in [7, 11) is 1.59. The third-order valence-corrected chi connectivity index (χ3v) is 2.85. The van der Waals surface area contributed by atoms with Crippen molar-refractivity contribution < 1.29 is 13.7 Å². The average Bonchev–Trinajstić information content (AvgIpc) is 2.88. The summed E-state index contributed by atoms with van der Waals surface area (Å²) in [5.74, 6) is 0.141. The van der Waals surface area contributed by atoms with E-state index in [4.69, 9.17) is 15.0 Å². The molecule has 0 saturated heterocycles. The van der Waals surface area contributed by atoms with Crippen LogP contribution in [0.5, 0.6) is 0 Å². The first-order valence-corrected chi connectivity index (χ1v) is 6.08. The van der Waals surface area contributed by atoms with Crippen LogP contribution in [0.3, 0.4) is 0 Å². The molecule has 19 heavy (non-hydrogen) atoms. The van der Waals surface area contributed by atoms with Crippen LogP contribution in [0.1, 0.15) is 31.7 Å². The number of benzene rings is 1. The number of halogens is 1. The maximum Gasteiger partial charge on any atom is 0.260 e. The van der Waals surface area contributed by atoms with Crippen LogP contribution in [0.15, 0.2) is 22.7 Å². The topological polar surface area (TPSA) is 74.2 Å². The molecule has 1 aromatic carbocycles. The van der Waals surface area contributed by atoms with Crippen molar-refractivity contribution >= 4 is 5.69 Å². The zero-order valence-electron chi connectivity index (χ0n) is 10.9. The summed E-state index contributed by atoms with van der Waals surface area (Å²) in [6.07, 6.45) is 1.50. The molecule has 6 heteroatoms. The van der Waals surface area contributed by atoms with Crippen molar-refractivity contribution in [2.45, 2.75) is 25.9 Å². The highest BCUT2D eigenvalue weighted by atomic mass is 19.1. The van der Waals surface area contributed by atoms with E-state index in [0.717, 1.165) is 12.8 Å². The van der Waals surface area contributed by atoms with Gasteiger partial charge in [0.1, 0.15) is 11.9 Å². The van der Waals surface area contributed by atoms with Gasteiger partial charge < -0.3 is 15.0 Å². The van der Waals surface area contributed by atoms with E-state index in [1.807, 2.05) is 6.92 Å². The van der Waals surface area contributed by atoms with Crippen molar-refractivity contribution in [3.05, 3.63) is 29.8 Å². The van der Waals surface area contributed by atoms with E-state index in [1.54, 1.807) is 19.2 Å². The third kappa shape index (κ3) is 2.73. The zero-order valence-corrected chi connectivity index (χ0v) is 10.9. The lowest BCUT2D eigenvalue weighted by Crippen LogP contribution is -2.03. The number of aromatic nitrogens is 2. The molecule has 0 saturated carbocycles. The van der Waals surface area contributed by atoms with E-state index in [9.17, 15) is 4.39 Å². The molecule has 1 unspecified atom stereocenters. The first-order valence-electron chi connectivity index (χ1n) is 6.08. The summed E-state index contributed by atoms with van der Waals surface area (Å²) in [5.41, 5.74) is 6.05. The molecule has 5 nitrogen and oxygen atoms in total. The fourth-order valence-corrected chi connectivity index (χ4v) is 1.81. The van der Waals surface area contributed by atoms with Gasteiger partial charge in [0.05, 0.1) is 11.3 Å². The number of nitrogens with two attached hydrogens (primary N) is 1. The van der Waals surface area contributed by atoms with Crippen molar-refractivity contribution in [2.75, 3.05) is 12.8 Å². The van der Waals surface area contributed by atoms with E-state index in [2.05, 4.69) is 10.1 Å². The summed E-state index contributed by atoms with van der Waals surface area (Å²) in [6, 6.07) is 4.47. The summed E-state index contributed by atoms with van der Waals surface area (Å²) in [5, 5.41) is 3.86. The largest absolute Gasteiger partial charge is 0.396 e. The van der Waals surface area contributed by atoms with Crippen molar-refractivity contribution in [3.8, 4) is 11.5 Å². The predicted molar refractivity (Wildman–Crippen MR) is 68.8 cm³/mol. The lowest BCUT2D eigenvalue weighted by Gasteiger charge is -2.08. The molecule has 2 N–H and O–H groups in total. The number of methoxy groups -OCH3 is 1. The van der Waals surface area contributed by atoms with Gasteiger partial charge in [-0.2, -0.15) is 4.98 Å². The molecule has 102 valence electrons. The molecule has 0 spiro atoms. The Morgan fingerprint density at radius 1 is 1.47 bits per heavy atom. The van der Waals surface area contributed by atoms with Gasteiger partial charge in [0.25, 0.3) is 5.89 Å². The molecule has 0 aliphatic heterocycles.